The van der Waals surface area contributed by atoms with Gasteiger partial charge in [0.25, 0.3) is 0 Å². The van der Waals surface area contributed by atoms with Crippen molar-refractivity contribution in [1.29, 1.82) is 0 Å². The van der Waals surface area contributed by atoms with Gasteiger partial charge in [-0.1, -0.05) is 279 Å². The number of fused-ring (bicyclic) bond motifs is 10. The van der Waals surface area contributed by atoms with E-state index in [1.165, 1.54) is 29.0 Å². The van der Waals surface area contributed by atoms with Crippen LogP contribution in [0.3, 0.4) is 0 Å². The topological polar surface area (TPSA) is 129 Å². The van der Waals surface area contributed by atoms with E-state index in [2.05, 4.69) is 239 Å². The van der Waals surface area contributed by atoms with Crippen LogP contribution in [0.15, 0.2) is 328 Å². The molecular formula is C88H54N10S2. The highest BCUT2D eigenvalue weighted by Gasteiger charge is 2.20. The normalized spacial score (nSPS) is 11.4. The third kappa shape index (κ3) is 11.4. The molecule has 6 aromatic heterocycles. The van der Waals surface area contributed by atoms with Gasteiger partial charge in [-0.2, -0.15) is 17.5 Å². The monoisotopic (exact) mass is 1310 g/mol. The number of benzene rings is 13. The summed E-state index contributed by atoms with van der Waals surface area (Å²) >= 11 is 2.49. The van der Waals surface area contributed by atoms with Crippen LogP contribution in [-0.4, -0.2) is 47.4 Å². The number of hydrogen-bond acceptors (Lipinski definition) is 12. The fourth-order valence-electron chi connectivity index (χ4n) is 13.3. The van der Waals surface area contributed by atoms with Crippen LogP contribution >= 0.6 is 23.5 Å². The van der Waals surface area contributed by atoms with E-state index in [1.807, 2.05) is 97.1 Å². The van der Waals surface area contributed by atoms with Crippen molar-refractivity contribution in [2.75, 3.05) is 0 Å². The van der Waals surface area contributed by atoms with Crippen LogP contribution in [-0.2, 0) is 0 Å². The minimum atomic E-state index is 0.691. The Morgan fingerprint density at radius 2 is 0.450 bits per heavy atom. The fourth-order valence-corrected chi connectivity index (χ4v) is 14.4. The third-order valence-electron chi connectivity index (χ3n) is 18.4. The van der Waals surface area contributed by atoms with Crippen molar-refractivity contribution in [1.82, 2.24) is 47.4 Å². The first kappa shape index (κ1) is 59.5. The van der Waals surface area contributed by atoms with E-state index in [0.717, 1.165) is 172 Å². The van der Waals surface area contributed by atoms with E-state index in [4.69, 9.17) is 38.7 Å². The van der Waals surface area contributed by atoms with E-state index in [1.54, 1.807) is 0 Å². The number of pyridine rings is 2. The highest BCUT2D eigenvalue weighted by atomic mass is 32.1. The van der Waals surface area contributed by atoms with Crippen molar-refractivity contribution in [2.45, 2.75) is 0 Å². The summed E-state index contributed by atoms with van der Waals surface area (Å²) in [6.45, 7) is 0. The Kier molecular flexibility index (Phi) is 15.4. The van der Waals surface area contributed by atoms with Gasteiger partial charge in [0.15, 0.2) is 11.6 Å². The summed E-state index contributed by atoms with van der Waals surface area (Å²) in [6, 6.07) is 113. The molecule has 0 saturated carbocycles. The second-order valence-corrected chi connectivity index (χ2v) is 25.5. The van der Waals surface area contributed by atoms with Gasteiger partial charge in [-0.05, 0) is 81.9 Å². The predicted molar refractivity (Wildman–Crippen MR) is 411 cm³/mol. The molecule has 0 amide bonds. The molecule has 468 valence electrons. The molecule has 12 heteroatoms. The van der Waals surface area contributed by atoms with Gasteiger partial charge in [-0.3, -0.25) is 0 Å². The summed E-state index contributed by atoms with van der Waals surface area (Å²) in [5, 5.41) is 6.47. The molecule has 0 fully saturated rings. The number of hydrogen-bond donors (Lipinski definition) is 0. The van der Waals surface area contributed by atoms with E-state index in [9.17, 15) is 0 Å². The Morgan fingerprint density at radius 3 is 0.830 bits per heavy atom. The summed E-state index contributed by atoms with van der Waals surface area (Å²) in [5.74, 6) is 1.40. The van der Waals surface area contributed by atoms with Crippen LogP contribution in [0.5, 0.6) is 0 Å². The first-order chi connectivity index (χ1) is 49.5. The van der Waals surface area contributed by atoms with Crippen molar-refractivity contribution < 1.29 is 0 Å². The fraction of sp³-hybridized carbons (Fsp3) is 0. The molecule has 0 spiro atoms. The summed E-state index contributed by atoms with van der Waals surface area (Å²) < 4.78 is 18.5. The van der Waals surface area contributed by atoms with Crippen LogP contribution in [0.25, 0.3) is 189 Å². The Bertz CT molecular complexity index is 6170. The van der Waals surface area contributed by atoms with Crippen LogP contribution in [0.4, 0.5) is 0 Å². The minimum absolute atomic E-state index is 0.691. The zero-order valence-corrected chi connectivity index (χ0v) is 55.1. The molecule has 6 heterocycles. The zero-order chi connectivity index (χ0) is 66.3. The highest BCUT2D eigenvalue weighted by molar-refractivity contribution is 7.00. The summed E-state index contributed by atoms with van der Waals surface area (Å²) in [4.78, 5) is 30.6. The molecule has 0 aliphatic rings. The lowest BCUT2D eigenvalue weighted by atomic mass is 9.96. The van der Waals surface area contributed by atoms with Crippen LogP contribution in [0, 0.1) is 0 Å². The first-order valence-corrected chi connectivity index (χ1v) is 34.4. The number of nitrogens with zero attached hydrogens (tertiary/aromatic N) is 10. The van der Waals surface area contributed by atoms with Gasteiger partial charge in [0, 0.05) is 76.8 Å². The highest BCUT2D eigenvalue weighted by Crippen LogP contribution is 2.41. The maximum Gasteiger partial charge on any atom is 0.160 e. The lowest BCUT2D eigenvalue weighted by Gasteiger charge is -2.12. The molecule has 0 N–H and O–H groups in total. The Balaban J connectivity index is 0.000000145. The summed E-state index contributed by atoms with van der Waals surface area (Å²) in [6.07, 6.45) is 0. The average Bonchev–Trinajstić information content (AvgIpc) is 1.24. The molecule has 0 aliphatic heterocycles. The molecular weight excluding hydrogens is 1260 g/mol. The molecule has 13 aromatic carbocycles. The van der Waals surface area contributed by atoms with Crippen molar-refractivity contribution in [2.24, 2.45) is 0 Å². The molecule has 0 atom stereocenters. The molecule has 19 rings (SSSR count). The Labute approximate surface area is 583 Å². The second-order valence-electron chi connectivity index (χ2n) is 24.5. The van der Waals surface area contributed by atoms with Crippen LogP contribution < -0.4 is 0 Å². The van der Waals surface area contributed by atoms with Crippen LogP contribution in [0.2, 0.25) is 0 Å². The maximum atomic E-state index is 5.25. The van der Waals surface area contributed by atoms with Gasteiger partial charge < -0.3 is 0 Å². The molecule has 0 saturated heterocycles. The molecule has 10 nitrogen and oxygen atoms in total. The van der Waals surface area contributed by atoms with E-state index in [0.29, 0.717) is 11.6 Å². The lowest BCUT2D eigenvalue weighted by molar-refractivity contribution is 1.18. The van der Waals surface area contributed by atoms with Crippen molar-refractivity contribution in [3.8, 4) is 124 Å². The third-order valence-corrected chi connectivity index (χ3v) is 19.4. The maximum absolute atomic E-state index is 5.25. The number of rotatable bonds is 11. The van der Waals surface area contributed by atoms with Crippen LogP contribution in [0.1, 0.15) is 0 Å². The van der Waals surface area contributed by atoms with Crippen molar-refractivity contribution in [3.63, 3.8) is 0 Å². The largest absolute Gasteiger partial charge is 0.247 e. The van der Waals surface area contributed by atoms with Gasteiger partial charge in [0.05, 0.1) is 68.7 Å². The molecule has 0 bridgehead atoms. The SMILES string of the molecule is c1ccc(-c2cc(-c3ccc(-c4ccc5c(c4)nc(-c4ccccc4)c4ccc6nsnc6c45)cc3)nc(-c3ccccc3)n2)cc1.c1ccc(-c2ccc(-c3nc(-c4ccccc4)cc(-c4ccc(-c5ccc6c(c5)nc(-c5ccccc5)c5ccc7nsnc7c56)cc4)n3)cc2)cc1. The summed E-state index contributed by atoms with van der Waals surface area (Å²) in [7, 11) is 0. The van der Waals surface area contributed by atoms with Crippen molar-refractivity contribution >= 4 is 88.9 Å². The second kappa shape index (κ2) is 25.9. The summed E-state index contributed by atoms with van der Waals surface area (Å²) in [5.41, 5.74) is 25.9. The quantitative estimate of drug-likeness (QED) is 0.115. The number of aromatic nitrogens is 10. The van der Waals surface area contributed by atoms with Crippen molar-refractivity contribution in [3.05, 3.63) is 328 Å². The van der Waals surface area contributed by atoms with Gasteiger partial charge >= 0.3 is 0 Å². The molecule has 0 aliphatic carbocycles. The van der Waals surface area contributed by atoms with E-state index < -0.39 is 0 Å². The Hall–Kier alpha value is -13.0. The van der Waals surface area contributed by atoms with Gasteiger partial charge in [-0.15, -0.1) is 0 Å². The first-order valence-electron chi connectivity index (χ1n) is 32.9. The Morgan fingerprint density at radius 1 is 0.180 bits per heavy atom. The van der Waals surface area contributed by atoms with Gasteiger partial charge in [0.2, 0.25) is 0 Å². The van der Waals surface area contributed by atoms with E-state index in [-0.39, 0.29) is 0 Å². The van der Waals surface area contributed by atoms with Gasteiger partial charge in [-0.25, -0.2) is 29.9 Å². The standard InChI is InChI=1S/C47H29N5S.C41H25N5S/c1-4-10-30(11-5-1)31-18-22-36(23-19-31)47-49-41(33-12-6-2-7-13-33)29-42(50-47)34-20-16-32(17-21-34)37-24-25-38-43(28-37)48-45(35-14-8-3-9-15-35)39-26-27-40-46(44(38)39)52-53-51-40;1-4-10-27(11-5-1)35-25-36(44-41(43-35)30-14-8-3-9-15-30)28-18-16-26(17-19-28)31-20-21-32-37(24-31)42-39(29-12-6-2-7-13-29)33-22-23-34-40(38(32)33)46-47-45-34/h1-29H;1-25H. The molecule has 19 aromatic rings. The minimum Gasteiger partial charge on any atom is -0.247 e. The average molecular weight is 1320 g/mol. The lowest BCUT2D eigenvalue weighted by Crippen LogP contribution is -1.96. The predicted octanol–water partition coefficient (Wildman–Crippen LogP) is 22.7. The smallest absolute Gasteiger partial charge is 0.160 e. The van der Waals surface area contributed by atoms with Gasteiger partial charge in [0.1, 0.15) is 22.1 Å². The molecule has 0 radical (unpaired) electrons. The van der Waals surface area contributed by atoms with E-state index >= 15 is 0 Å². The zero-order valence-electron chi connectivity index (χ0n) is 53.5. The molecule has 100 heavy (non-hydrogen) atoms. The molecule has 0 unspecified atom stereocenters.